The van der Waals surface area contributed by atoms with Gasteiger partial charge in [-0.3, -0.25) is 4.98 Å². The molecule has 0 bridgehead atoms. The van der Waals surface area contributed by atoms with Gasteiger partial charge in [0.1, 0.15) is 0 Å². The highest BCUT2D eigenvalue weighted by Gasteiger charge is 2.42. The van der Waals surface area contributed by atoms with E-state index in [-0.39, 0.29) is 12.1 Å². The number of nitrogens with zero attached hydrogens (tertiary/aromatic N) is 4. The molecule has 0 amide bonds. The van der Waals surface area contributed by atoms with Gasteiger partial charge < -0.3 is 19.7 Å². The fourth-order valence-electron chi connectivity index (χ4n) is 6.98. The Morgan fingerprint density at radius 1 is 0.902 bits per heavy atom. The van der Waals surface area contributed by atoms with Crippen LogP contribution in [0, 0.1) is 32.6 Å². The van der Waals surface area contributed by atoms with Gasteiger partial charge in [-0.1, -0.05) is 49.7 Å². The van der Waals surface area contributed by atoms with Crippen LogP contribution in [0.5, 0.6) is 0 Å². The molecule has 2 aromatic carbocycles. The minimum Gasteiger partial charge on any atom is -0.370 e. The zero-order chi connectivity index (χ0) is 28.8. The van der Waals surface area contributed by atoms with Crippen LogP contribution in [0.3, 0.4) is 0 Å². The number of para-hydroxylation sites is 1. The molecule has 1 N–H and O–H groups in total. The van der Waals surface area contributed by atoms with Crippen LogP contribution in [0.25, 0.3) is 5.69 Å². The first-order valence-corrected chi connectivity index (χ1v) is 15.3. The number of thiocarbonyl (C=S) groups is 1. The summed E-state index contributed by atoms with van der Waals surface area (Å²) in [4.78, 5) is 9.42. The summed E-state index contributed by atoms with van der Waals surface area (Å²) in [6, 6.07) is 23.1. The number of aromatic nitrogens is 2. The van der Waals surface area contributed by atoms with E-state index in [2.05, 4.69) is 109 Å². The monoisotopic (exact) mass is 583 g/mol. The third kappa shape index (κ3) is 5.13. The molecule has 4 heterocycles. The van der Waals surface area contributed by atoms with Crippen molar-refractivity contribution in [2.24, 2.45) is 11.8 Å². The first-order valence-electron chi connectivity index (χ1n) is 14.5. The SMILES string of the molecule is Cc1ccccc1-n1c(C)cc([C@@H]2[C@H](c3ccccn3)NC(=S)N2c2ccc(N3C[C@@H](C)C[C@H](C)C3)c(Cl)c2)c1C. The highest BCUT2D eigenvalue weighted by Crippen LogP contribution is 2.45. The lowest BCUT2D eigenvalue weighted by Crippen LogP contribution is -2.38. The summed E-state index contributed by atoms with van der Waals surface area (Å²) in [7, 11) is 0. The van der Waals surface area contributed by atoms with E-state index in [0.717, 1.165) is 35.2 Å². The number of aryl methyl sites for hydroxylation is 2. The number of piperidine rings is 1. The average molecular weight is 584 g/mol. The molecule has 2 aliphatic rings. The molecule has 0 spiro atoms. The molecular weight excluding hydrogens is 546 g/mol. The highest BCUT2D eigenvalue weighted by molar-refractivity contribution is 7.80. The number of anilines is 2. The van der Waals surface area contributed by atoms with E-state index in [4.69, 9.17) is 28.8 Å². The van der Waals surface area contributed by atoms with E-state index in [1.54, 1.807) is 0 Å². The smallest absolute Gasteiger partial charge is 0.174 e. The maximum Gasteiger partial charge on any atom is 0.174 e. The molecule has 0 saturated carbocycles. The Balaban J connectivity index is 1.45. The number of halogens is 1. The van der Waals surface area contributed by atoms with Gasteiger partial charge in [0.2, 0.25) is 0 Å². The Morgan fingerprint density at radius 2 is 1.63 bits per heavy atom. The molecule has 2 aliphatic heterocycles. The Kier molecular flexibility index (Phi) is 7.56. The number of benzene rings is 2. The molecule has 212 valence electrons. The second-order valence-electron chi connectivity index (χ2n) is 11.9. The van der Waals surface area contributed by atoms with Gasteiger partial charge in [-0.05, 0) is 105 Å². The van der Waals surface area contributed by atoms with Crippen molar-refractivity contribution < 1.29 is 0 Å². The molecule has 2 saturated heterocycles. The Morgan fingerprint density at radius 3 is 2.32 bits per heavy atom. The van der Waals surface area contributed by atoms with Gasteiger partial charge in [0.15, 0.2) is 5.11 Å². The number of rotatable bonds is 5. The van der Waals surface area contributed by atoms with E-state index in [0.29, 0.717) is 16.9 Å². The fourth-order valence-corrected chi connectivity index (χ4v) is 7.62. The van der Waals surface area contributed by atoms with E-state index >= 15 is 0 Å². The van der Waals surface area contributed by atoms with Gasteiger partial charge in [-0.2, -0.15) is 0 Å². The molecule has 0 unspecified atom stereocenters. The predicted molar refractivity (Wildman–Crippen MR) is 175 cm³/mol. The second-order valence-corrected chi connectivity index (χ2v) is 12.7. The molecule has 2 fully saturated rings. The molecule has 2 aromatic heterocycles. The number of hydrogen-bond acceptors (Lipinski definition) is 3. The topological polar surface area (TPSA) is 36.3 Å². The molecule has 41 heavy (non-hydrogen) atoms. The first-order chi connectivity index (χ1) is 19.7. The molecule has 0 radical (unpaired) electrons. The maximum atomic E-state index is 7.04. The Bertz CT molecular complexity index is 1570. The summed E-state index contributed by atoms with van der Waals surface area (Å²) in [5.41, 5.74) is 9.07. The second kappa shape index (κ2) is 11.1. The molecular formula is C34H38ClN5S. The summed E-state index contributed by atoms with van der Waals surface area (Å²) < 4.78 is 2.36. The van der Waals surface area contributed by atoms with Gasteiger partial charge >= 0.3 is 0 Å². The van der Waals surface area contributed by atoms with Crippen molar-refractivity contribution in [3.05, 3.63) is 106 Å². The van der Waals surface area contributed by atoms with Crippen molar-refractivity contribution >= 4 is 40.3 Å². The zero-order valence-electron chi connectivity index (χ0n) is 24.4. The molecule has 7 heteroatoms. The minimum atomic E-state index is -0.114. The van der Waals surface area contributed by atoms with Crippen LogP contribution in [0.4, 0.5) is 11.4 Å². The third-order valence-corrected chi connectivity index (χ3v) is 9.28. The largest absolute Gasteiger partial charge is 0.370 e. The van der Waals surface area contributed by atoms with Gasteiger partial charge in [0.05, 0.1) is 28.5 Å². The molecule has 5 nitrogen and oxygen atoms in total. The van der Waals surface area contributed by atoms with Crippen LogP contribution in [0.15, 0.2) is 72.9 Å². The standard InChI is InChI=1S/C34H38ClN5S/c1-21-16-22(2)20-38(19-21)31-14-13-26(18-28(31)35)40-33(32(37-34(40)41)29-11-8-9-15-36-29)27-17-24(4)39(25(27)5)30-12-7-6-10-23(30)3/h6-15,17-18,21-22,32-33H,16,19-20H2,1-5H3,(H,37,41)/t21-,22-,32-,33+/m0/s1. The normalized spacial score (nSPS) is 22.7. The Labute approximate surface area is 254 Å². The van der Waals surface area contributed by atoms with Crippen LogP contribution < -0.4 is 15.1 Å². The first kappa shape index (κ1) is 27.8. The fraction of sp³-hybridized carbons (Fsp3) is 0.353. The van der Waals surface area contributed by atoms with Gasteiger partial charge in [0.25, 0.3) is 0 Å². The predicted octanol–water partition coefficient (Wildman–Crippen LogP) is 8.11. The molecule has 6 rings (SSSR count). The van der Waals surface area contributed by atoms with Crippen molar-refractivity contribution in [3.63, 3.8) is 0 Å². The maximum absolute atomic E-state index is 7.04. The van der Waals surface area contributed by atoms with Crippen molar-refractivity contribution in [2.75, 3.05) is 22.9 Å². The van der Waals surface area contributed by atoms with E-state index in [1.807, 2.05) is 18.3 Å². The average Bonchev–Trinajstić information content (AvgIpc) is 3.43. The van der Waals surface area contributed by atoms with Crippen molar-refractivity contribution in [2.45, 2.75) is 53.1 Å². The van der Waals surface area contributed by atoms with Crippen LogP contribution in [0.1, 0.15) is 60.6 Å². The van der Waals surface area contributed by atoms with E-state index in [9.17, 15) is 0 Å². The molecule has 0 aliphatic carbocycles. The van der Waals surface area contributed by atoms with Crippen LogP contribution in [0.2, 0.25) is 5.02 Å². The quantitative estimate of drug-likeness (QED) is 0.240. The third-order valence-electron chi connectivity index (χ3n) is 8.66. The van der Waals surface area contributed by atoms with Gasteiger partial charge in [-0.15, -0.1) is 0 Å². The van der Waals surface area contributed by atoms with E-state index < -0.39 is 0 Å². The lowest BCUT2D eigenvalue weighted by atomic mass is 9.91. The lowest BCUT2D eigenvalue weighted by Gasteiger charge is -2.37. The molecule has 4 atom stereocenters. The molecule has 4 aromatic rings. The van der Waals surface area contributed by atoms with Crippen molar-refractivity contribution in [3.8, 4) is 5.69 Å². The lowest BCUT2D eigenvalue weighted by molar-refractivity contribution is 0.357. The van der Waals surface area contributed by atoms with Crippen LogP contribution >= 0.6 is 23.8 Å². The number of hydrogen-bond donors (Lipinski definition) is 1. The van der Waals surface area contributed by atoms with Crippen molar-refractivity contribution in [1.82, 2.24) is 14.9 Å². The highest BCUT2D eigenvalue weighted by atomic mass is 35.5. The Hall–Kier alpha value is -3.35. The van der Waals surface area contributed by atoms with Gasteiger partial charge in [-0.25, -0.2) is 0 Å². The van der Waals surface area contributed by atoms with Crippen LogP contribution in [-0.4, -0.2) is 27.8 Å². The van der Waals surface area contributed by atoms with Gasteiger partial charge in [0, 0.05) is 42.0 Å². The minimum absolute atomic E-state index is 0.0988. The summed E-state index contributed by atoms with van der Waals surface area (Å²) in [6.45, 7) is 13.3. The summed E-state index contributed by atoms with van der Waals surface area (Å²) in [5.74, 6) is 1.30. The van der Waals surface area contributed by atoms with Crippen molar-refractivity contribution in [1.29, 1.82) is 0 Å². The van der Waals surface area contributed by atoms with E-state index in [1.165, 1.54) is 34.6 Å². The summed E-state index contributed by atoms with van der Waals surface area (Å²) in [5, 5.41) is 5.05. The summed E-state index contributed by atoms with van der Waals surface area (Å²) >= 11 is 13.1. The number of nitrogens with one attached hydrogen (secondary N) is 1. The number of pyridine rings is 1. The zero-order valence-corrected chi connectivity index (χ0v) is 26.0. The summed E-state index contributed by atoms with van der Waals surface area (Å²) in [6.07, 6.45) is 3.11. The van der Waals surface area contributed by atoms with Crippen LogP contribution in [-0.2, 0) is 0 Å².